The number of aromatic nitrogens is 1. The molecule has 0 aliphatic carbocycles. The van der Waals surface area contributed by atoms with Crippen LogP contribution >= 0.6 is 61.1 Å². The standard InChI is InChI=1S/C14H18BrF2I2N3O2/c1-12(2,16)7-5-8(20)9(22-10(7)15)11(23)21-6-13(3,24-4)14(17,18)19/h5H,6,20H2,1-4H3,(H,21,23). The van der Waals surface area contributed by atoms with E-state index in [2.05, 4.69) is 26.2 Å². The number of nitrogens with two attached hydrogens (primary N) is 1. The van der Waals surface area contributed by atoms with Gasteiger partial charge in [-0.15, -0.1) is 0 Å². The molecule has 0 fully saturated rings. The highest BCUT2D eigenvalue weighted by molar-refractivity contribution is 14.2. The summed E-state index contributed by atoms with van der Waals surface area (Å²) in [6.45, 7) is 4.16. The first-order chi connectivity index (χ1) is 10.7. The number of nitrogens with zero attached hydrogens (tertiary/aromatic N) is 1. The molecular weight excluding hydrogens is 614 g/mol. The van der Waals surface area contributed by atoms with E-state index >= 15 is 0 Å². The van der Waals surface area contributed by atoms with Crippen molar-refractivity contribution in [2.24, 2.45) is 0 Å². The van der Waals surface area contributed by atoms with Gasteiger partial charge in [-0.3, -0.25) is 4.79 Å². The molecule has 5 nitrogen and oxygen atoms in total. The smallest absolute Gasteiger partial charge is 0.272 e. The van der Waals surface area contributed by atoms with E-state index in [1.54, 1.807) is 45.2 Å². The van der Waals surface area contributed by atoms with Crippen LogP contribution in [0.2, 0.25) is 0 Å². The lowest BCUT2D eigenvalue weighted by Gasteiger charge is -2.34. The second-order valence-electron chi connectivity index (χ2n) is 5.85. The van der Waals surface area contributed by atoms with Crippen LogP contribution in [0.1, 0.15) is 36.8 Å². The van der Waals surface area contributed by atoms with Crippen molar-refractivity contribution < 1.29 is 18.3 Å². The summed E-state index contributed by atoms with van der Waals surface area (Å²) in [7, 11) is 1.36. The molecule has 0 saturated heterocycles. The van der Waals surface area contributed by atoms with Gasteiger partial charge >= 0.3 is 0 Å². The van der Waals surface area contributed by atoms with Gasteiger partial charge in [-0.25, -0.2) is 13.8 Å². The molecule has 24 heavy (non-hydrogen) atoms. The molecule has 1 heterocycles. The summed E-state index contributed by atoms with van der Waals surface area (Å²) in [6, 6.07) is 1.36. The molecule has 136 valence electrons. The molecule has 10 heteroatoms. The van der Waals surface area contributed by atoms with Crippen LogP contribution < -0.4 is 11.1 Å². The van der Waals surface area contributed by atoms with E-state index in [1.165, 1.54) is 33.9 Å². The molecule has 0 aliphatic rings. The van der Waals surface area contributed by atoms with Gasteiger partial charge in [-0.1, -0.05) is 0 Å². The number of nitrogens with one attached hydrogen (secondary N) is 1. The van der Waals surface area contributed by atoms with Crippen molar-refractivity contribution in [3.8, 4) is 0 Å². The van der Waals surface area contributed by atoms with Gasteiger partial charge in [0.15, 0.2) is 5.69 Å². The predicted molar refractivity (Wildman–Crippen MR) is 110 cm³/mol. The maximum atomic E-state index is 14.2. The minimum absolute atomic E-state index is 0.0333. The molecule has 0 aliphatic heterocycles. The summed E-state index contributed by atoms with van der Waals surface area (Å²) < 4.78 is 31.9. The van der Waals surface area contributed by atoms with E-state index in [-0.39, 0.29) is 28.1 Å². The molecule has 1 unspecified atom stereocenters. The fraction of sp³-hybridized carbons (Fsp3) is 0.571. The maximum Gasteiger partial charge on any atom is 0.272 e. The number of pyridine rings is 1. The number of anilines is 1. The number of alkyl halides is 4. The van der Waals surface area contributed by atoms with Gasteiger partial charge in [0.25, 0.3) is 5.91 Å². The van der Waals surface area contributed by atoms with Crippen molar-refractivity contribution >= 4 is 72.7 Å². The Labute approximate surface area is 175 Å². The van der Waals surface area contributed by atoms with Gasteiger partial charge in [-0.2, -0.15) is 0 Å². The van der Waals surface area contributed by atoms with Crippen LogP contribution in [0.15, 0.2) is 10.7 Å². The zero-order chi connectivity index (χ0) is 18.9. The molecule has 0 spiro atoms. The first-order valence-corrected chi connectivity index (χ1v) is 9.73. The topological polar surface area (TPSA) is 77.2 Å². The highest BCUT2D eigenvalue weighted by Crippen LogP contribution is 2.42. The van der Waals surface area contributed by atoms with Crippen LogP contribution in [-0.2, 0) is 10.4 Å². The van der Waals surface area contributed by atoms with Crippen molar-refractivity contribution in [1.29, 1.82) is 0 Å². The minimum atomic E-state index is -1.74. The molecule has 1 amide bonds. The Morgan fingerprint density at radius 2 is 1.96 bits per heavy atom. The predicted octanol–water partition coefficient (Wildman–Crippen LogP) is 4.26. The lowest BCUT2D eigenvalue weighted by atomic mass is 10.0. The molecule has 1 aromatic heterocycles. The molecule has 0 bridgehead atoms. The van der Waals surface area contributed by atoms with E-state index in [0.29, 0.717) is 0 Å². The Kier molecular flexibility index (Phi) is 7.24. The number of rotatable bonds is 6. The van der Waals surface area contributed by atoms with Crippen molar-refractivity contribution in [3.63, 3.8) is 0 Å². The normalized spacial score (nSPS) is 15.0. The third-order valence-electron chi connectivity index (χ3n) is 3.50. The monoisotopic (exact) mass is 631 g/mol. The molecular formula is C14H18BrF2I2N3O2. The maximum absolute atomic E-state index is 14.2. The van der Waals surface area contributed by atoms with Gasteiger partial charge in [0.05, 0.1) is 12.2 Å². The first-order valence-electron chi connectivity index (χ1n) is 6.78. The summed E-state index contributed by atoms with van der Waals surface area (Å²) in [5.74, 6) is -0.600. The zero-order valence-corrected chi connectivity index (χ0v) is 19.4. The summed E-state index contributed by atoms with van der Waals surface area (Å²) in [5.41, 5.74) is 3.11. The van der Waals surface area contributed by atoms with Gasteiger partial charge in [-0.05, 0) is 87.9 Å². The number of ether oxygens (including phenoxy) is 1. The number of nitrogen functional groups attached to an aromatic ring is 1. The number of methoxy groups -OCH3 is 1. The Bertz CT molecular complexity index is 636. The average molecular weight is 632 g/mol. The molecule has 1 atom stereocenters. The Balaban J connectivity index is 3.04. The lowest BCUT2D eigenvalue weighted by molar-refractivity contribution is -0.0239. The van der Waals surface area contributed by atoms with Crippen molar-refractivity contribution in [2.45, 2.75) is 33.7 Å². The molecule has 3 N–H and O–H groups in total. The highest BCUT2D eigenvalue weighted by atomic mass is 127. The van der Waals surface area contributed by atoms with Crippen LogP contribution in [0.3, 0.4) is 0 Å². The van der Waals surface area contributed by atoms with Crippen molar-refractivity contribution in [3.05, 3.63) is 21.9 Å². The van der Waals surface area contributed by atoms with Gasteiger partial charge in [0, 0.05) is 12.7 Å². The van der Waals surface area contributed by atoms with E-state index < -0.39 is 18.9 Å². The number of halogens is 5. The van der Waals surface area contributed by atoms with Crippen LogP contribution in [0.25, 0.3) is 0 Å². The van der Waals surface area contributed by atoms with Gasteiger partial charge in [0.2, 0.25) is 1.68 Å². The minimum Gasteiger partial charge on any atom is -0.397 e. The molecule has 1 aromatic rings. The third-order valence-corrected chi connectivity index (χ3v) is 6.38. The summed E-state index contributed by atoms with van der Waals surface area (Å²) >= 11 is 6.34. The molecule has 0 saturated carbocycles. The van der Waals surface area contributed by atoms with Crippen LogP contribution in [0.4, 0.5) is 14.5 Å². The van der Waals surface area contributed by atoms with Gasteiger partial charge < -0.3 is 15.8 Å². The Morgan fingerprint density at radius 3 is 2.38 bits per heavy atom. The quantitative estimate of drug-likeness (QED) is 0.280. The average Bonchev–Trinajstić information content (AvgIpc) is 2.43. The zero-order valence-electron chi connectivity index (χ0n) is 13.5. The fourth-order valence-electron chi connectivity index (χ4n) is 1.73. The number of hydrogen-bond acceptors (Lipinski definition) is 4. The van der Waals surface area contributed by atoms with Crippen molar-refractivity contribution in [2.75, 3.05) is 19.4 Å². The lowest BCUT2D eigenvalue weighted by Crippen LogP contribution is -2.51. The molecule has 1 rings (SSSR count). The summed E-state index contributed by atoms with van der Waals surface area (Å²) in [4.78, 5) is 16.3. The number of amides is 1. The van der Waals surface area contributed by atoms with Crippen LogP contribution in [-0.4, -0.2) is 31.8 Å². The first kappa shape index (κ1) is 22.2. The summed E-state index contributed by atoms with van der Waals surface area (Å²) in [6.07, 6.45) is 0. The Morgan fingerprint density at radius 1 is 1.42 bits per heavy atom. The summed E-state index contributed by atoms with van der Waals surface area (Å²) in [5, 5.41) is 2.55. The van der Waals surface area contributed by atoms with Gasteiger partial charge in [0.1, 0.15) is 15.9 Å². The molecule has 0 aromatic carbocycles. The number of hydrogen-bond donors (Lipinski definition) is 2. The van der Waals surface area contributed by atoms with E-state index in [0.717, 1.165) is 0 Å². The number of carbonyl (C=O) groups excluding carboxylic acids is 1. The second kappa shape index (κ2) is 7.82. The second-order valence-corrected chi connectivity index (χ2v) is 11.6. The highest BCUT2D eigenvalue weighted by Gasteiger charge is 2.46. The fourth-order valence-corrected chi connectivity index (χ4v) is 3.31. The van der Waals surface area contributed by atoms with E-state index in [4.69, 9.17) is 10.5 Å². The van der Waals surface area contributed by atoms with Crippen molar-refractivity contribution in [1.82, 2.24) is 10.3 Å². The van der Waals surface area contributed by atoms with E-state index in [9.17, 15) is 13.6 Å². The van der Waals surface area contributed by atoms with E-state index in [1.807, 2.05) is 0 Å². The largest absolute Gasteiger partial charge is 0.397 e. The van der Waals surface area contributed by atoms with Crippen LogP contribution in [0, 0.1) is 0 Å². The number of carbonyl (C=O) groups is 1. The third kappa shape index (κ3) is 5.10. The SMILES string of the molecule is COC(C)(CNC(=O)c1nc(Br)c(C(C)(C)F)cc1N)C(F)(I)I. The molecule has 0 radical (unpaired) electrons. The Hall–Kier alpha value is 0.180. The van der Waals surface area contributed by atoms with Crippen LogP contribution in [0.5, 0.6) is 0 Å².